The lowest BCUT2D eigenvalue weighted by atomic mass is 10.2. The van der Waals surface area contributed by atoms with Gasteiger partial charge in [0.25, 0.3) is 0 Å². The molecule has 2 amide bonds. The molecular formula is C19H30N4O3. The maximum atomic E-state index is 12.1. The van der Waals surface area contributed by atoms with E-state index in [1.54, 1.807) is 31.2 Å². The molecule has 0 saturated carbocycles. The Morgan fingerprint density at radius 2 is 1.77 bits per heavy atom. The number of amides is 2. The van der Waals surface area contributed by atoms with E-state index in [1.165, 1.54) is 0 Å². The van der Waals surface area contributed by atoms with Gasteiger partial charge in [-0.1, -0.05) is 6.92 Å². The van der Waals surface area contributed by atoms with E-state index in [0.717, 1.165) is 32.7 Å². The molecule has 0 spiro atoms. The minimum Gasteiger partial charge on any atom is -0.462 e. The molecular weight excluding hydrogens is 332 g/mol. The van der Waals surface area contributed by atoms with Crippen molar-refractivity contribution in [1.82, 2.24) is 15.1 Å². The lowest BCUT2D eigenvalue weighted by molar-refractivity contribution is 0.0526. The van der Waals surface area contributed by atoms with Crippen molar-refractivity contribution in [2.24, 2.45) is 0 Å². The summed E-state index contributed by atoms with van der Waals surface area (Å²) in [6.07, 6.45) is 0. The zero-order valence-electron chi connectivity index (χ0n) is 16.0. The van der Waals surface area contributed by atoms with Gasteiger partial charge in [-0.15, -0.1) is 0 Å². The van der Waals surface area contributed by atoms with Gasteiger partial charge in [-0.25, -0.2) is 9.59 Å². The van der Waals surface area contributed by atoms with E-state index in [2.05, 4.69) is 34.3 Å². The van der Waals surface area contributed by atoms with Gasteiger partial charge >= 0.3 is 12.0 Å². The van der Waals surface area contributed by atoms with E-state index < -0.39 is 0 Å². The van der Waals surface area contributed by atoms with Crippen molar-refractivity contribution in [2.45, 2.75) is 26.8 Å². The Hall–Kier alpha value is -2.12. The Labute approximate surface area is 155 Å². The van der Waals surface area contributed by atoms with Gasteiger partial charge in [-0.05, 0) is 44.7 Å². The summed E-state index contributed by atoms with van der Waals surface area (Å²) >= 11 is 0. The van der Waals surface area contributed by atoms with E-state index in [0.29, 0.717) is 30.4 Å². The van der Waals surface area contributed by atoms with Crippen LogP contribution in [0.25, 0.3) is 0 Å². The van der Waals surface area contributed by atoms with Crippen LogP contribution in [0.5, 0.6) is 0 Å². The first-order valence-electron chi connectivity index (χ1n) is 9.32. The second-order valence-corrected chi connectivity index (χ2v) is 6.45. The van der Waals surface area contributed by atoms with Crippen LogP contribution in [0.4, 0.5) is 10.5 Å². The average Bonchev–Trinajstić information content (AvgIpc) is 2.67. The fourth-order valence-corrected chi connectivity index (χ4v) is 2.97. The molecule has 0 aromatic heterocycles. The van der Waals surface area contributed by atoms with Crippen LogP contribution in [0.1, 0.15) is 31.1 Å². The Bertz CT molecular complexity index is 583. The van der Waals surface area contributed by atoms with Crippen LogP contribution < -0.4 is 10.6 Å². The fourth-order valence-electron chi connectivity index (χ4n) is 2.97. The number of esters is 1. The van der Waals surface area contributed by atoms with E-state index in [-0.39, 0.29) is 12.0 Å². The molecule has 1 aliphatic heterocycles. The van der Waals surface area contributed by atoms with Crippen LogP contribution >= 0.6 is 0 Å². The van der Waals surface area contributed by atoms with Crippen molar-refractivity contribution in [3.05, 3.63) is 29.8 Å². The third-order valence-electron chi connectivity index (χ3n) is 4.69. The molecule has 0 bridgehead atoms. The maximum absolute atomic E-state index is 12.1. The summed E-state index contributed by atoms with van der Waals surface area (Å²) in [6, 6.07) is 6.73. The van der Waals surface area contributed by atoms with Gasteiger partial charge in [0.1, 0.15) is 0 Å². The topological polar surface area (TPSA) is 73.9 Å². The van der Waals surface area contributed by atoms with Crippen LogP contribution in [0.15, 0.2) is 24.3 Å². The van der Waals surface area contributed by atoms with Crippen molar-refractivity contribution >= 4 is 17.7 Å². The zero-order valence-corrected chi connectivity index (χ0v) is 16.0. The number of rotatable bonds is 7. The molecule has 2 rings (SSSR count). The molecule has 7 heteroatoms. The number of piperazine rings is 1. The van der Waals surface area contributed by atoms with Crippen molar-refractivity contribution in [1.29, 1.82) is 0 Å². The standard InChI is InChI=1S/C19H30N4O3/c1-4-22-10-12-23(13-11-22)15(3)14-20-19(25)21-17-8-6-16(7-9-17)18(24)26-5-2/h6-9,15H,4-5,10-14H2,1-3H3,(H2,20,21,25). The highest BCUT2D eigenvalue weighted by Gasteiger charge is 2.20. The lowest BCUT2D eigenvalue weighted by Gasteiger charge is -2.37. The molecule has 1 aromatic rings. The first kappa shape index (κ1) is 20.2. The minimum atomic E-state index is -0.361. The molecule has 1 unspecified atom stereocenters. The van der Waals surface area contributed by atoms with Gasteiger partial charge in [0, 0.05) is 44.5 Å². The molecule has 1 aliphatic rings. The minimum absolute atomic E-state index is 0.243. The molecule has 1 fully saturated rings. The van der Waals surface area contributed by atoms with Crippen LogP contribution in [-0.4, -0.2) is 73.7 Å². The number of urea groups is 1. The van der Waals surface area contributed by atoms with Crippen LogP contribution in [0, 0.1) is 0 Å². The van der Waals surface area contributed by atoms with Gasteiger partial charge in [0.05, 0.1) is 12.2 Å². The van der Waals surface area contributed by atoms with Gasteiger partial charge in [-0.2, -0.15) is 0 Å². The van der Waals surface area contributed by atoms with Gasteiger partial charge in [-0.3, -0.25) is 4.90 Å². The van der Waals surface area contributed by atoms with E-state index in [9.17, 15) is 9.59 Å². The number of nitrogens with zero attached hydrogens (tertiary/aromatic N) is 2. The Kier molecular flexibility index (Phi) is 7.87. The summed E-state index contributed by atoms with van der Waals surface area (Å²) in [4.78, 5) is 28.5. The molecule has 1 heterocycles. The van der Waals surface area contributed by atoms with E-state index in [1.807, 2.05) is 0 Å². The van der Waals surface area contributed by atoms with Crippen LogP contribution in [-0.2, 0) is 4.74 Å². The molecule has 0 aliphatic carbocycles. The monoisotopic (exact) mass is 362 g/mol. The Balaban J connectivity index is 1.74. The van der Waals surface area contributed by atoms with Crippen molar-refractivity contribution in [3.8, 4) is 0 Å². The average molecular weight is 362 g/mol. The van der Waals surface area contributed by atoms with E-state index >= 15 is 0 Å². The zero-order chi connectivity index (χ0) is 18.9. The number of anilines is 1. The summed E-state index contributed by atoms with van der Waals surface area (Å²) in [7, 11) is 0. The SMILES string of the molecule is CCOC(=O)c1ccc(NC(=O)NCC(C)N2CCN(CC)CC2)cc1. The highest BCUT2D eigenvalue weighted by Crippen LogP contribution is 2.11. The largest absolute Gasteiger partial charge is 0.462 e. The summed E-state index contributed by atoms with van der Waals surface area (Å²) in [5.41, 5.74) is 1.11. The number of hydrogen-bond donors (Lipinski definition) is 2. The van der Waals surface area contributed by atoms with Crippen LogP contribution in [0.3, 0.4) is 0 Å². The van der Waals surface area contributed by atoms with Crippen molar-refractivity contribution in [2.75, 3.05) is 51.2 Å². The number of nitrogens with one attached hydrogen (secondary N) is 2. The summed E-state index contributed by atoms with van der Waals surface area (Å²) in [6.45, 7) is 12.4. The normalized spacial score (nSPS) is 16.7. The second-order valence-electron chi connectivity index (χ2n) is 6.45. The number of carbonyl (C=O) groups is 2. The predicted octanol–water partition coefficient (Wildman–Crippen LogP) is 2.01. The van der Waals surface area contributed by atoms with Gasteiger partial charge in [0.15, 0.2) is 0 Å². The fraction of sp³-hybridized carbons (Fsp3) is 0.579. The van der Waals surface area contributed by atoms with Gasteiger partial charge in [0.2, 0.25) is 0 Å². The summed E-state index contributed by atoms with van der Waals surface area (Å²) in [5, 5.41) is 5.70. The van der Waals surface area contributed by atoms with Gasteiger partial charge < -0.3 is 20.3 Å². The first-order valence-corrected chi connectivity index (χ1v) is 9.32. The molecule has 144 valence electrons. The summed E-state index contributed by atoms with van der Waals surface area (Å²) in [5.74, 6) is -0.361. The quantitative estimate of drug-likeness (QED) is 0.726. The highest BCUT2D eigenvalue weighted by molar-refractivity contribution is 5.92. The molecule has 1 aromatic carbocycles. The highest BCUT2D eigenvalue weighted by atomic mass is 16.5. The second kappa shape index (κ2) is 10.1. The third-order valence-corrected chi connectivity index (χ3v) is 4.69. The molecule has 1 saturated heterocycles. The first-order chi connectivity index (χ1) is 12.5. The van der Waals surface area contributed by atoms with Crippen LogP contribution in [0.2, 0.25) is 0 Å². The van der Waals surface area contributed by atoms with E-state index in [4.69, 9.17) is 4.74 Å². The Morgan fingerprint density at radius 3 is 2.35 bits per heavy atom. The molecule has 26 heavy (non-hydrogen) atoms. The molecule has 0 radical (unpaired) electrons. The number of likely N-dealkylation sites (N-methyl/N-ethyl adjacent to an activating group) is 1. The number of hydrogen-bond acceptors (Lipinski definition) is 5. The smallest absolute Gasteiger partial charge is 0.338 e. The lowest BCUT2D eigenvalue weighted by Crippen LogP contribution is -2.52. The number of ether oxygens (including phenoxy) is 1. The molecule has 1 atom stereocenters. The predicted molar refractivity (Wildman–Crippen MR) is 103 cm³/mol. The maximum Gasteiger partial charge on any atom is 0.338 e. The van der Waals surface area contributed by atoms with Crippen molar-refractivity contribution in [3.63, 3.8) is 0 Å². The summed E-state index contributed by atoms with van der Waals surface area (Å²) < 4.78 is 4.94. The Morgan fingerprint density at radius 1 is 1.12 bits per heavy atom. The van der Waals surface area contributed by atoms with Crippen molar-refractivity contribution < 1.29 is 14.3 Å². The number of carbonyl (C=O) groups excluding carboxylic acids is 2. The third kappa shape index (κ3) is 6.00. The molecule has 7 nitrogen and oxygen atoms in total. The number of benzene rings is 1. The molecule has 2 N–H and O–H groups in total.